The van der Waals surface area contributed by atoms with E-state index in [2.05, 4.69) is 29.5 Å². The molecule has 0 amide bonds. The first kappa shape index (κ1) is 13.5. The van der Waals surface area contributed by atoms with E-state index in [0.29, 0.717) is 6.04 Å². The van der Waals surface area contributed by atoms with Crippen LogP contribution in [0.5, 0.6) is 0 Å². The van der Waals surface area contributed by atoms with Crippen LogP contribution >= 0.6 is 0 Å². The van der Waals surface area contributed by atoms with Gasteiger partial charge in [0, 0.05) is 18.4 Å². The van der Waals surface area contributed by atoms with Gasteiger partial charge in [0.05, 0.1) is 0 Å². The van der Waals surface area contributed by atoms with Crippen molar-refractivity contribution in [1.29, 1.82) is 0 Å². The summed E-state index contributed by atoms with van der Waals surface area (Å²) in [6, 6.07) is 4.58. The summed E-state index contributed by atoms with van der Waals surface area (Å²) in [5.74, 6) is 7.40. The molecule has 3 nitrogen and oxygen atoms in total. The highest BCUT2D eigenvalue weighted by Crippen LogP contribution is 2.33. The summed E-state index contributed by atoms with van der Waals surface area (Å²) >= 11 is 0. The standard InChI is InChI=1S/C15H25N3/c1-2-12-4-3-5-14(10-12)15(18-16)11-13-6-8-17-9-7-13/h6-9,12,14-15,18H,2-5,10-11,16H2,1H3. The average molecular weight is 247 g/mol. The molecule has 1 aliphatic rings. The van der Waals surface area contributed by atoms with Gasteiger partial charge < -0.3 is 0 Å². The fourth-order valence-electron chi connectivity index (χ4n) is 3.20. The zero-order chi connectivity index (χ0) is 12.8. The third kappa shape index (κ3) is 3.53. The van der Waals surface area contributed by atoms with Crippen molar-refractivity contribution in [1.82, 2.24) is 10.4 Å². The Kier molecular flexibility index (Phi) is 5.14. The molecule has 18 heavy (non-hydrogen) atoms. The van der Waals surface area contributed by atoms with Gasteiger partial charge in [0.25, 0.3) is 0 Å². The Labute approximate surface area is 110 Å². The molecule has 1 aliphatic carbocycles. The third-order valence-corrected chi connectivity index (χ3v) is 4.39. The number of hydrogen-bond acceptors (Lipinski definition) is 3. The largest absolute Gasteiger partial charge is 0.271 e. The van der Waals surface area contributed by atoms with Crippen molar-refractivity contribution in [3.05, 3.63) is 30.1 Å². The van der Waals surface area contributed by atoms with Gasteiger partial charge in [-0.05, 0) is 48.8 Å². The lowest BCUT2D eigenvalue weighted by atomic mass is 9.76. The van der Waals surface area contributed by atoms with Crippen LogP contribution in [0.4, 0.5) is 0 Å². The van der Waals surface area contributed by atoms with E-state index in [9.17, 15) is 0 Å². The van der Waals surface area contributed by atoms with Gasteiger partial charge >= 0.3 is 0 Å². The van der Waals surface area contributed by atoms with Gasteiger partial charge in [0.2, 0.25) is 0 Å². The molecule has 0 radical (unpaired) electrons. The Morgan fingerprint density at radius 1 is 1.39 bits per heavy atom. The number of hydrogen-bond donors (Lipinski definition) is 2. The van der Waals surface area contributed by atoms with Gasteiger partial charge in [-0.2, -0.15) is 0 Å². The summed E-state index contributed by atoms with van der Waals surface area (Å²) < 4.78 is 0. The van der Waals surface area contributed by atoms with Gasteiger partial charge in [0.1, 0.15) is 0 Å². The number of pyridine rings is 1. The molecule has 3 N–H and O–H groups in total. The summed E-state index contributed by atoms with van der Waals surface area (Å²) in [6.07, 6.45) is 11.4. The highest BCUT2D eigenvalue weighted by Gasteiger charge is 2.27. The van der Waals surface area contributed by atoms with Crippen molar-refractivity contribution in [2.75, 3.05) is 0 Å². The molecular weight excluding hydrogens is 222 g/mol. The molecule has 1 heterocycles. The molecule has 1 saturated carbocycles. The lowest BCUT2D eigenvalue weighted by Crippen LogP contribution is -2.44. The maximum atomic E-state index is 5.77. The SMILES string of the molecule is CCC1CCCC(C(Cc2ccncc2)NN)C1. The summed E-state index contributed by atoms with van der Waals surface area (Å²) in [5.41, 5.74) is 4.37. The van der Waals surface area contributed by atoms with Crippen LogP contribution < -0.4 is 11.3 Å². The van der Waals surface area contributed by atoms with Crippen LogP contribution in [0.3, 0.4) is 0 Å². The first-order valence-corrected chi connectivity index (χ1v) is 7.18. The Balaban J connectivity index is 1.95. The maximum Gasteiger partial charge on any atom is 0.0279 e. The van der Waals surface area contributed by atoms with Crippen molar-refractivity contribution >= 4 is 0 Å². The van der Waals surface area contributed by atoms with E-state index in [1.165, 1.54) is 37.7 Å². The van der Waals surface area contributed by atoms with E-state index in [4.69, 9.17) is 5.84 Å². The van der Waals surface area contributed by atoms with E-state index < -0.39 is 0 Å². The minimum Gasteiger partial charge on any atom is -0.271 e. The fraction of sp³-hybridized carbons (Fsp3) is 0.667. The van der Waals surface area contributed by atoms with Crippen LogP contribution in [0.25, 0.3) is 0 Å². The zero-order valence-electron chi connectivity index (χ0n) is 11.3. The lowest BCUT2D eigenvalue weighted by molar-refractivity contribution is 0.208. The Morgan fingerprint density at radius 3 is 2.83 bits per heavy atom. The number of hydrazine groups is 1. The number of nitrogens with two attached hydrogens (primary N) is 1. The van der Waals surface area contributed by atoms with Gasteiger partial charge in [-0.15, -0.1) is 0 Å². The number of nitrogens with zero attached hydrogens (tertiary/aromatic N) is 1. The molecule has 0 bridgehead atoms. The predicted octanol–water partition coefficient (Wildman–Crippen LogP) is 2.67. The highest BCUT2D eigenvalue weighted by molar-refractivity contribution is 5.11. The summed E-state index contributed by atoms with van der Waals surface area (Å²) in [6.45, 7) is 2.31. The maximum absolute atomic E-state index is 5.77. The number of aromatic nitrogens is 1. The Bertz CT molecular complexity index is 339. The van der Waals surface area contributed by atoms with Crippen LogP contribution in [-0.4, -0.2) is 11.0 Å². The molecule has 3 unspecified atom stereocenters. The quantitative estimate of drug-likeness (QED) is 0.621. The predicted molar refractivity (Wildman–Crippen MR) is 74.8 cm³/mol. The summed E-state index contributed by atoms with van der Waals surface area (Å²) in [5, 5.41) is 0. The van der Waals surface area contributed by atoms with Gasteiger partial charge in [0.15, 0.2) is 0 Å². The fourth-order valence-corrected chi connectivity index (χ4v) is 3.20. The highest BCUT2D eigenvalue weighted by atomic mass is 15.2. The van der Waals surface area contributed by atoms with Gasteiger partial charge in [-0.1, -0.05) is 26.2 Å². The van der Waals surface area contributed by atoms with Crippen LogP contribution in [0.2, 0.25) is 0 Å². The monoisotopic (exact) mass is 247 g/mol. The average Bonchev–Trinajstić information content (AvgIpc) is 2.46. The molecule has 0 aromatic carbocycles. The number of rotatable bonds is 5. The molecular formula is C15H25N3. The van der Waals surface area contributed by atoms with E-state index in [0.717, 1.165) is 18.3 Å². The summed E-state index contributed by atoms with van der Waals surface area (Å²) in [7, 11) is 0. The Hall–Kier alpha value is -0.930. The second-order valence-corrected chi connectivity index (χ2v) is 5.53. The van der Waals surface area contributed by atoms with Gasteiger partial charge in [-0.3, -0.25) is 16.3 Å². The first-order valence-electron chi connectivity index (χ1n) is 7.18. The van der Waals surface area contributed by atoms with Crippen LogP contribution in [-0.2, 0) is 6.42 Å². The molecule has 3 heteroatoms. The minimum absolute atomic E-state index is 0.404. The van der Waals surface area contributed by atoms with Crippen LogP contribution in [0, 0.1) is 11.8 Å². The van der Waals surface area contributed by atoms with E-state index >= 15 is 0 Å². The lowest BCUT2D eigenvalue weighted by Gasteiger charge is -2.34. The van der Waals surface area contributed by atoms with Crippen LogP contribution in [0.1, 0.15) is 44.6 Å². The van der Waals surface area contributed by atoms with Crippen molar-refractivity contribution < 1.29 is 0 Å². The Morgan fingerprint density at radius 2 is 2.17 bits per heavy atom. The van der Waals surface area contributed by atoms with Crippen molar-refractivity contribution in [3.8, 4) is 0 Å². The third-order valence-electron chi connectivity index (χ3n) is 4.39. The molecule has 1 fully saturated rings. The van der Waals surface area contributed by atoms with Gasteiger partial charge in [-0.25, -0.2) is 0 Å². The molecule has 2 rings (SSSR count). The van der Waals surface area contributed by atoms with Crippen LogP contribution in [0.15, 0.2) is 24.5 Å². The molecule has 0 saturated heterocycles. The topological polar surface area (TPSA) is 50.9 Å². The smallest absolute Gasteiger partial charge is 0.0279 e. The van der Waals surface area contributed by atoms with E-state index in [-0.39, 0.29) is 0 Å². The summed E-state index contributed by atoms with van der Waals surface area (Å²) in [4.78, 5) is 4.06. The van der Waals surface area contributed by atoms with E-state index in [1.54, 1.807) is 0 Å². The molecule has 3 atom stereocenters. The number of nitrogens with one attached hydrogen (secondary N) is 1. The molecule has 100 valence electrons. The molecule has 1 aromatic heterocycles. The minimum atomic E-state index is 0.404. The molecule has 0 aliphatic heterocycles. The molecule has 1 aromatic rings. The normalized spacial score (nSPS) is 25.9. The van der Waals surface area contributed by atoms with Crippen molar-refractivity contribution in [2.24, 2.45) is 17.7 Å². The zero-order valence-corrected chi connectivity index (χ0v) is 11.3. The van der Waals surface area contributed by atoms with Crippen molar-refractivity contribution in [2.45, 2.75) is 51.5 Å². The van der Waals surface area contributed by atoms with E-state index in [1.807, 2.05) is 12.4 Å². The molecule has 0 spiro atoms. The first-order chi connectivity index (χ1) is 8.83. The van der Waals surface area contributed by atoms with Crippen molar-refractivity contribution in [3.63, 3.8) is 0 Å². The second kappa shape index (κ2) is 6.86. The second-order valence-electron chi connectivity index (χ2n) is 5.53.